The second kappa shape index (κ2) is 10.7. The number of carbonyl (C=O) groups excluding carboxylic acids is 2. The Labute approximate surface area is 200 Å². The van der Waals surface area contributed by atoms with E-state index in [1.54, 1.807) is 43.3 Å². The maximum atomic E-state index is 13.1. The Morgan fingerprint density at radius 3 is 2.33 bits per heavy atom. The summed E-state index contributed by atoms with van der Waals surface area (Å²) in [5.41, 5.74) is 2.46. The fourth-order valence-electron chi connectivity index (χ4n) is 4.07. The van der Waals surface area contributed by atoms with Gasteiger partial charge in [-0.3, -0.25) is 9.59 Å². The minimum absolute atomic E-state index is 0.0101. The largest absolute Gasteiger partial charge is 0.469 e. The van der Waals surface area contributed by atoms with Crippen LogP contribution in [0.25, 0.3) is 0 Å². The molecule has 0 spiro atoms. The molecule has 2 aromatic carbocycles. The van der Waals surface area contributed by atoms with Crippen molar-refractivity contribution in [2.75, 3.05) is 20.2 Å². The molecule has 33 heavy (non-hydrogen) atoms. The molecule has 1 fully saturated rings. The Kier molecular flexibility index (Phi) is 8.15. The van der Waals surface area contributed by atoms with E-state index >= 15 is 0 Å². The second-order valence-corrected chi connectivity index (χ2v) is 10.7. The van der Waals surface area contributed by atoms with Gasteiger partial charge in [0, 0.05) is 24.0 Å². The van der Waals surface area contributed by atoms with Gasteiger partial charge in [-0.2, -0.15) is 4.31 Å². The molecule has 0 aliphatic carbocycles. The van der Waals surface area contributed by atoms with E-state index in [2.05, 4.69) is 5.32 Å². The van der Waals surface area contributed by atoms with E-state index in [0.717, 1.165) is 11.1 Å². The number of esters is 1. The lowest BCUT2D eigenvalue weighted by Crippen LogP contribution is -2.44. The molecule has 0 aromatic heterocycles. The van der Waals surface area contributed by atoms with E-state index < -0.39 is 22.0 Å². The van der Waals surface area contributed by atoms with Gasteiger partial charge in [0.15, 0.2) is 0 Å². The molecule has 1 saturated heterocycles. The number of benzene rings is 2. The van der Waals surface area contributed by atoms with Crippen LogP contribution in [0.5, 0.6) is 0 Å². The topological polar surface area (TPSA) is 92.8 Å². The molecule has 1 aliphatic heterocycles. The number of hydrogen-bond acceptors (Lipinski definition) is 5. The zero-order chi connectivity index (χ0) is 24.2. The van der Waals surface area contributed by atoms with Gasteiger partial charge in [0.05, 0.1) is 24.5 Å². The summed E-state index contributed by atoms with van der Waals surface area (Å²) in [6.45, 7) is 4.23. The van der Waals surface area contributed by atoms with Gasteiger partial charge in [0.1, 0.15) is 0 Å². The molecule has 0 saturated carbocycles. The standard InChI is InChI=1S/C24H29ClN2O5S/c1-16-4-9-22(17(2)14-16)33(30,31)27-12-10-19(11-13-27)24(29)26-21(15-23(28)32-3)18-5-7-20(25)8-6-18/h4-9,14,19,21H,10-13,15H2,1-3H3,(H,26,29). The van der Waals surface area contributed by atoms with E-state index in [4.69, 9.17) is 16.3 Å². The van der Waals surface area contributed by atoms with Crippen molar-refractivity contribution in [3.05, 3.63) is 64.2 Å². The Morgan fingerprint density at radius 2 is 1.76 bits per heavy atom. The molecule has 1 heterocycles. The van der Waals surface area contributed by atoms with Gasteiger partial charge >= 0.3 is 5.97 Å². The molecule has 9 heteroatoms. The predicted molar refractivity (Wildman–Crippen MR) is 126 cm³/mol. The van der Waals surface area contributed by atoms with Crippen molar-refractivity contribution in [2.24, 2.45) is 5.92 Å². The monoisotopic (exact) mass is 492 g/mol. The molecular weight excluding hydrogens is 464 g/mol. The lowest BCUT2D eigenvalue weighted by atomic mass is 9.95. The number of aryl methyl sites for hydroxylation is 2. The highest BCUT2D eigenvalue weighted by molar-refractivity contribution is 7.89. The van der Waals surface area contributed by atoms with E-state index in [-0.39, 0.29) is 31.3 Å². The van der Waals surface area contributed by atoms with Gasteiger partial charge in [-0.1, -0.05) is 41.4 Å². The number of rotatable bonds is 7. The maximum absolute atomic E-state index is 13.1. The van der Waals surface area contributed by atoms with Crippen LogP contribution in [0, 0.1) is 19.8 Å². The quantitative estimate of drug-likeness (QED) is 0.594. The fraction of sp³-hybridized carbons (Fsp3) is 0.417. The number of sulfonamides is 1. The summed E-state index contributed by atoms with van der Waals surface area (Å²) in [5.74, 6) is -0.991. The average Bonchev–Trinajstić information content (AvgIpc) is 2.78. The number of piperidine rings is 1. The van der Waals surface area contributed by atoms with Gasteiger partial charge in [-0.25, -0.2) is 8.42 Å². The van der Waals surface area contributed by atoms with Crippen molar-refractivity contribution in [1.29, 1.82) is 0 Å². The molecule has 7 nitrogen and oxygen atoms in total. The van der Waals surface area contributed by atoms with Crippen molar-refractivity contribution < 1.29 is 22.7 Å². The molecular formula is C24H29ClN2O5S. The normalized spacial score (nSPS) is 16.2. The first-order valence-electron chi connectivity index (χ1n) is 10.8. The molecule has 0 radical (unpaired) electrons. The first-order chi connectivity index (χ1) is 15.6. The third-order valence-corrected chi connectivity index (χ3v) is 8.27. The molecule has 1 atom stereocenters. The SMILES string of the molecule is COC(=O)CC(NC(=O)C1CCN(S(=O)(=O)c2ccc(C)cc2C)CC1)c1ccc(Cl)cc1. The summed E-state index contributed by atoms with van der Waals surface area (Å²) >= 11 is 5.96. The molecule has 1 amide bonds. The van der Waals surface area contributed by atoms with E-state index in [1.165, 1.54) is 11.4 Å². The highest BCUT2D eigenvalue weighted by Crippen LogP contribution is 2.27. The minimum atomic E-state index is -3.62. The van der Waals surface area contributed by atoms with Gasteiger partial charge in [-0.15, -0.1) is 0 Å². The van der Waals surface area contributed by atoms with Crippen molar-refractivity contribution in [1.82, 2.24) is 9.62 Å². The van der Waals surface area contributed by atoms with Gasteiger partial charge in [0.2, 0.25) is 15.9 Å². The van der Waals surface area contributed by atoms with Crippen molar-refractivity contribution in [3.8, 4) is 0 Å². The first kappa shape index (κ1) is 25.2. The van der Waals surface area contributed by atoms with Crippen LogP contribution in [-0.4, -0.2) is 44.8 Å². The van der Waals surface area contributed by atoms with Crippen LogP contribution in [0.4, 0.5) is 0 Å². The Morgan fingerprint density at radius 1 is 1.12 bits per heavy atom. The number of hydrogen-bond donors (Lipinski definition) is 1. The molecule has 178 valence electrons. The number of nitrogens with one attached hydrogen (secondary N) is 1. The number of amides is 1. The first-order valence-corrected chi connectivity index (χ1v) is 12.6. The lowest BCUT2D eigenvalue weighted by Gasteiger charge is -2.32. The van der Waals surface area contributed by atoms with Crippen LogP contribution < -0.4 is 5.32 Å². The average molecular weight is 493 g/mol. The third kappa shape index (κ3) is 6.13. The Bertz CT molecular complexity index is 1110. The van der Waals surface area contributed by atoms with Crippen LogP contribution in [0.15, 0.2) is 47.4 Å². The summed E-state index contributed by atoms with van der Waals surface area (Å²) in [6.07, 6.45) is 0.798. The second-order valence-electron chi connectivity index (χ2n) is 8.34. The van der Waals surface area contributed by atoms with Gasteiger partial charge in [-0.05, 0) is 56.0 Å². The van der Waals surface area contributed by atoms with E-state index in [0.29, 0.717) is 28.3 Å². The zero-order valence-corrected chi connectivity index (χ0v) is 20.6. The summed E-state index contributed by atoms with van der Waals surface area (Å²) in [4.78, 5) is 25.2. The molecule has 2 aromatic rings. The van der Waals surface area contributed by atoms with Crippen LogP contribution in [0.2, 0.25) is 5.02 Å². The zero-order valence-electron chi connectivity index (χ0n) is 19.0. The van der Waals surface area contributed by atoms with E-state index in [9.17, 15) is 18.0 Å². The maximum Gasteiger partial charge on any atom is 0.307 e. The van der Waals surface area contributed by atoms with Crippen molar-refractivity contribution >= 4 is 33.5 Å². The molecule has 1 aliphatic rings. The minimum Gasteiger partial charge on any atom is -0.469 e. The number of halogens is 1. The van der Waals surface area contributed by atoms with Crippen LogP contribution >= 0.6 is 11.6 Å². The number of ether oxygens (including phenoxy) is 1. The smallest absolute Gasteiger partial charge is 0.307 e. The summed E-state index contributed by atoms with van der Waals surface area (Å²) in [6, 6.07) is 11.6. The van der Waals surface area contributed by atoms with Gasteiger partial charge < -0.3 is 10.1 Å². The molecule has 3 rings (SSSR count). The lowest BCUT2D eigenvalue weighted by molar-refractivity contribution is -0.141. The highest BCUT2D eigenvalue weighted by atomic mass is 35.5. The van der Waals surface area contributed by atoms with E-state index in [1.807, 2.05) is 13.0 Å². The van der Waals surface area contributed by atoms with Gasteiger partial charge in [0.25, 0.3) is 0 Å². The summed E-state index contributed by atoms with van der Waals surface area (Å²) < 4.78 is 32.4. The molecule has 1 N–H and O–H groups in total. The Balaban J connectivity index is 1.67. The fourth-order valence-corrected chi connectivity index (χ4v) is 5.87. The predicted octanol–water partition coefficient (Wildman–Crippen LogP) is 3.78. The number of carbonyl (C=O) groups is 2. The van der Waals surface area contributed by atoms with Crippen LogP contribution in [0.3, 0.4) is 0 Å². The summed E-state index contributed by atoms with van der Waals surface area (Å²) in [7, 11) is -2.32. The highest BCUT2D eigenvalue weighted by Gasteiger charge is 2.33. The summed E-state index contributed by atoms with van der Waals surface area (Å²) in [5, 5.41) is 3.49. The molecule has 0 bridgehead atoms. The van der Waals surface area contributed by atoms with Crippen LogP contribution in [-0.2, 0) is 24.3 Å². The Hall–Kier alpha value is -2.42. The molecule has 1 unspecified atom stereocenters. The third-order valence-electron chi connectivity index (χ3n) is 5.96. The van der Waals surface area contributed by atoms with Crippen LogP contribution in [0.1, 0.15) is 42.0 Å². The van der Waals surface area contributed by atoms with Crippen molar-refractivity contribution in [3.63, 3.8) is 0 Å². The van der Waals surface area contributed by atoms with Crippen molar-refractivity contribution in [2.45, 2.75) is 44.0 Å². The number of methoxy groups -OCH3 is 1. The number of nitrogens with zero attached hydrogens (tertiary/aromatic N) is 1.